The van der Waals surface area contributed by atoms with Crippen LogP contribution in [0.1, 0.15) is 0 Å². The molecular formula is C6H5NO3S2. The Morgan fingerprint density at radius 2 is 2.00 bits per heavy atom. The summed E-state index contributed by atoms with van der Waals surface area (Å²) in [4.78, 5) is 21.8. The van der Waals surface area contributed by atoms with Gasteiger partial charge in [-0.3, -0.25) is 9.59 Å². The van der Waals surface area contributed by atoms with Gasteiger partial charge < -0.3 is 4.74 Å². The fraction of sp³-hybridized carbons (Fsp3) is 0.167. The zero-order chi connectivity index (χ0) is 9.14. The van der Waals surface area contributed by atoms with Gasteiger partial charge in [-0.05, 0) is 12.2 Å². The van der Waals surface area contributed by atoms with Crippen LogP contribution in [-0.4, -0.2) is 27.6 Å². The minimum Gasteiger partial charge on any atom is -0.481 e. The summed E-state index contributed by atoms with van der Waals surface area (Å²) in [6.45, 7) is 0. The molecule has 0 N–H and O–H groups in total. The fourth-order valence-electron chi connectivity index (χ4n) is 0.588. The Kier molecular flexibility index (Phi) is 2.83. The number of nitrogens with zero attached hydrogens (tertiary/aromatic N) is 1. The largest absolute Gasteiger partial charge is 0.481 e. The Morgan fingerprint density at radius 1 is 1.50 bits per heavy atom. The first kappa shape index (κ1) is 9.21. The highest BCUT2D eigenvalue weighted by molar-refractivity contribution is 8.21. The van der Waals surface area contributed by atoms with Gasteiger partial charge in [0.25, 0.3) is 11.8 Å². The number of methoxy groups -OCH3 is 1. The molecule has 6 heteroatoms. The average molecular weight is 203 g/mol. The third kappa shape index (κ3) is 1.83. The Hall–Kier alpha value is -0.880. The van der Waals surface area contributed by atoms with Crippen LogP contribution in [0, 0.1) is 0 Å². The molecular weight excluding hydrogens is 198 g/mol. The molecule has 0 saturated carbocycles. The van der Waals surface area contributed by atoms with Crippen molar-refractivity contribution in [3.05, 3.63) is 12.2 Å². The van der Waals surface area contributed by atoms with E-state index in [2.05, 4.69) is 17.0 Å². The van der Waals surface area contributed by atoms with Crippen molar-refractivity contribution in [3.63, 3.8) is 0 Å². The molecule has 0 radical (unpaired) electrons. The molecule has 0 bridgehead atoms. The standard InChI is InChI=1S/C6H5NO3S2/c1-10-6(11)12-7-4(8)2-3-5(7)9/h2-3H,1H3. The van der Waals surface area contributed by atoms with Gasteiger partial charge in [0.05, 0.1) is 7.11 Å². The third-order valence-electron chi connectivity index (χ3n) is 1.10. The highest BCUT2D eigenvalue weighted by Crippen LogP contribution is 2.18. The van der Waals surface area contributed by atoms with Gasteiger partial charge in [0, 0.05) is 24.1 Å². The second-order valence-corrected chi connectivity index (χ2v) is 3.40. The number of ether oxygens (including phenoxy) is 1. The maximum absolute atomic E-state index is 10.9. The molecule has 1 aliphatic rings. The van der Waals surface area contributed by atoms with Crippen LogP contribution in [0.3, 0.4) is 0 Å². The molecule has 0 aliphatic carbocycles. The smallest absolute Gasteiger partial charge is 0.264 e. The summed E-state index contributed by atoms with van der Waals surface area (Å²) in [6, 6.07) is 0. The quantitative estimate of drug-likeness (QED) is 0.352. The van der Waals surface area contributed by atoms with E-state index in [1.807, 2.05) is 0 Å². The van der Waals surface area contributed by atoms with E-state index in [0.717, 1.165) is 16.3 Å². The van der Waals surface area contributed by atoms with E-state index in [1.165, 1.54) is 19.3 Å². The lowest BCUT2D eigenvalue weighted by atomic mass is 10.6. The number of carbonyl (C=O) groups is 2. The van der Waals surface area contributed by atoms with E-state index in [0.29, 0.717) is 0 Å². The predicted molar refractivity (Wildman–Crippen MR) is 48.2 cm³/mol. The molecule has 0 aromatic carbocycles. The first-order chi connectivity index (χ1) is 5.65. The summed E-state index contributed by atoms with van der Waals surface area (Å²) in [6.07, 6.45) is 2.38. The van der Waals surface area contributed by atoms with Gasteiger partial charge in [-0.1, -0.05) is 0 Å². The number of imide groups is 1. The van der Waals surface area contributed by atoms with Crippen molar-refractivity contribution in [2.45, 2.75) is 0 Å². The minimum absolute atomic E-state index is 0.139. The first-order valence-electron chi connectivity index (χ1n) is 2.97. The number of thiocarbonyl (C=S) groups is 1. The van der Waals surface area contributed by atoms with Gasteiger partial charge in [-0.15, -0.1) is 0 Å². The third-order valence-corrected chi connectivity index (χ3v) is 2.35. The van der Waals surface area contributed by atoms with Crippen LogP contribution in [0.5, 0.6) is 0 Å². The van der Waals surface area contributed by atoms with Crippen LogP contribution in [0.25, 0.3) is 0 Å². The maximum atomic E-state index is 10.9. The Balaban J connectivity index is 2.59. The SMILES string of the molecule is COC(=S)SN1C(=O)C=CC1=O. The Morgan fingerprint density at radius 3 is 2.42 bits per heavy atom. The van der Waals surface area contributed by atoms with Gasteiger partial charge >= 0.3 is 0 Å². The lowest BCUT2D eigenvalue weighted by Crippen LogP contribution is -2.24. The van der Waals surface area contributed by atoms with E-state index in [4.69, 9.17) is 0 Å². The number of amides is 2. The number of hydrogen-bond donors (Lipinski definition) is 0. The van der Waals surface area contributed by atoms with Gasteiger partial charge in [0.15, 0.2) is 0 Å². The molecule has 0 atom stereocenters. The molecule has 1 rings (SSSR count). The van der Waals surface area contributed by atoms with E-state index >= 15 is 0 Å². The monoisotopic (exact) mass is 203 g/mol. The lowest BCUT2D eigenvalue weighted by molar-refractivity contribution is -0.130. The zero-order valence-electron chi connectivity index (χ0n) is 6.14. The molecule has 0 unspecified atom stereocenters. The summed E-state index contributed by atoms with van der Waals surface area (Å²) >= 11 is 5.47. The van der Waals surface area contributed by atoms with Crippen molar-refractivity contribution < 1.29 is 14.3 Å². The normalized spacial score (nSPS) is 15.6. The summed E-state index contributed by atoms with van der Waals surface area (Å²) in [5.74, 6) is -0.770. The van der Waals surface area contributed by atoms with Gasteiger partial charge in [0.2, 0.25) is 4.38 Å². The van der Waals surface area contributed by atoms with Crippen LogP contribution in [0.4, 0.5) is 0 Å². The molecule has 1 aliphatic heterocycles. The molecule has 0 spiro atoms. The van der Waals surface area contributed by atoms with Gasteiger partial charge in [0.1, 0.15) is 0 Å². The molecule has 0 aromatic heterocycles. The molecule has 64 valence electrons. The minimum atomic E-state index is -0.385. The molecule has 2 amide bonds. The van der Waals surface area contributed by atoms with Crippen molar-refractivity contribution in [2.24, 2.45) is 0 Å². The van der Waals surface area contributed by atoms with Crippen molar-refractivity contribution in [3.8, 4) is 0 Å². The Labute approximate surface area is 78.7 Å². The maximum Gasteiger partial charge on any atom is 0.264 e. The lowest BCUT2D eigenvalue weighted by Gasteiger charge is -2.10. The van der Waals surface area contributed by atoms with E-state index < -0.39 is 0 Å². The topological polar surface area (TPSA) is 46.6 Å². The summed E-state index contributed by atoms with van der Waals surface area (Å²) in [5, 5.41) is 0. The average Bonchev–Trinajstić information content (AvgIpc) is 2.35. The molecule has 1 heterocycles. The molecule has 4 nitrogen and oxygen atoms in total. The Bertz CT molecular complexity index is 256. The predicted octanol–water partition coefficient (Wildman–Crippen LogP) is 0.491. The van der Waals surface area contributed by atoms with E-state index in [1.54, 1.807) is 0 Å². The molecule has 12 heavy (non-hydrogen) atoms. The first-order valence-corrected chi connectivity index (χ1v) is 4.15. The number of carbonyl (C=O) groups excluding carboxylic acids is 2. The highest BCUT2D eigenvalue weighted by atomic mass is 32.2. The number of hydrogen-bond acceptors (Lipinski definition) is 5. The van der Waals surface area contributed by atoms with Gasteiger partial charge in [-0.25, -0.2) is 4.31 Å². The van der Waals surface area contributed by atoms with Crippen LogP contribution < -0.4 is 0 Å². The number of rotatable bonds is 1. The second-order valence-electron chi connectivity index (χ2n) is 1.85. The van der Waals surface area contributed by atoms with Crippen molar-refractivity contribution in [1.82, 2.24) is 4.31 Å². The van der Waals surface area contributed by atoms with Crippen LogP contribution >= 0.6 is 24.2 Å². The molecule has 0 fully saturated rings. The molecule has 0 saturated heterocycles. The summed E-state index contributed by atoms with van der Waals surface area (Å²) < 4.78 is 5.70. The summed E-state index contributed by atoms with van der Waals surface area (Å²) in [5.41, 5.74) is 0. The van der Waals surface area contributed by atoms with Gasteiger partial charge in [-0.2, -0.15) is 0 Å². The van der Waals surface area contributed by atoms with Crippen molar-refractivity contribution >= 4 is 40.4 Å². The van der Waals surface area contributed by atoms with Crippen LogP contribution in [0.2, 0.25) is 0 Å². The summed E-state index contributed by atoms with van der Waals surface area (Å²) in [7, 11) is 1.38. The molecule has 0 aromatic rings. The van der Waals surface area contributed by atoms with E-state index in [9.17, 15) is 9.59 Å². The van der Waals surface area contributed by atoms with Crippen molar-refractivity contribution in [1.29, 1.82) is 0 Å². The van der Waals surface area contributed by atoms with Crippen molar-refractivity contribution in [2.75, 3.05) is 7.11 Å². The second kappa shape index (κ2) is 3.68. The zero-order valence-corrected chi connectivity index (χ0v) is 7.78. The van der Waals surface area contributed by atoms with Crippen LogP contribution in [-0.2, 0) is 14.3 Å². The van der Waals surface area contributed by atoms with E-state index in [-0.39, 0.29) is 16.2 Å². The fourth-order valence-corrected chi connectivity index (χ4v) is 1.34. The van der Waals surface area contributed by atoms with Crippen LogP contribution in [0.15, 0.2) is 12.2 Å². The highest BCUT2D eigenvalue weighted by Gasteiger charge is 2.25.